The minimum absolute atomic E-state index is 0.0246. The van der Waals surface area contributed by atoms with Gasteiger partial charge >= 0.3 is 12.1 Å². The van der Waals surface area contributed by atoms with Gasteiger partial charge in [0.2, 0.25) is 0 Å². The predicted octanol–water partition coefficient (Wildman–Crippen LogP) is 5.65. The first-order valence-electron chi connectivity index (χ1n) is 11.3. The third-order valence-corrected chi connectivity index (χ3v) is 7.91. The third-order valence-electron chi connectivity index (χ3n) is 6.14. The van der Waals surface area contributed by atoms with Crippen molar-refractivity contribution >= 4 is 21.7 Å². The van der Waals surface area contributed by atoms with Gasteiger partial charge in [-0.15, -0.1) is 0 Å². The first kappa shape index (κ1) is 27.5. The van der Waals surface area contributed by atoms with Crippen molar-refractivity contribution in [1.82, 2.24) is 0 Å². The smallest absolute Gasteiger partial charge is 0.416 e. The summed E-state index contributed by atoms with van der Waals surface area (Å²) in [5.41, 5.74) is -2.50. The maximum Gasteiger partial charge on any atom is 0.416 e. The van der Waals surface area contributed by atoms with E-state index >= 15 is 0 Å². The highest BCUT2D eigenvalue weighted by Gasteiger charge is 2.40. The van der Waals surface area contributed by atoms with E-state index in [1.807, 2.05) is 0 Å². The number of hydrogen-bond acceptors (Lipinski definition) is 4. The lowest BCUT2D eigenvalue weighted by atomic mass is 9.96. The van der Waals surface area contributed by atoms with Crippen LogP contribution in [0.1, 0.15) is 25.0 Å². The Morgan fingerprint density at radius 2 is 1.74 bits per heavy atom. The minimum atomic E-state index is -4.80. The molecule has 1 aliphatic rings. The number of carbonyl (C=O) groups is 1. The van der Waals surface area contributed by atoms with Gasteiger partial charge in [-0.3, -0.25) is 4.31 Å². The van der Waals surface area contributed by atoms with Gasteiger partial charge in [-0.25, -0.2) is 22.0 Å². The lowest BCUT2D eigenvalue weighted by molar-refractivity contribution is -0.167. The zero-order chi connectivity index (χ0) is 28.0. The topological polar surface area (TPSA) is 83.9 Å². The Balaban J connectivity index is 1.86. The number of fused-ring (bicyclic) bond motifs is 1. The van der Waals surface area contributed by atoms with Gasteiger partial charge in [-0.1, -0.05) is 18.2 Å². The van der Waals surface area contributed by atoms with E-state index in [0.29, 0.717) is 11.6 Å². The number of rotatable bonds is 6. The Bertz CT molecular complexity index is 1500. The van der Waals surface area contributed by atoms with Crippen LogP contribution < -0.4 is 4.31 Å². The van der Waals surface area contributed by atoms with Crippen LogP contribution >= 0.6 is 0 Å². The Labute approximate surface area is 215 Å². The van der Waals surface area contributed by atoms with E-state index in [0.717, 1.165) is 40.7 Å². The summed E-state index contributed by atoms with van der Waals surface area (Å²) in [6.45, 7) is 2.13. The quantitative estimate of drug-likeness (QED) is 0.398. The monoisotopic (exact) mass is 555 g/mol. The Kier molecular flexibility index (Phi) is 7.00. The highest BCUT2D eigenvalue weighted by molar-refractivity contribution is 7.92. The summed E-state index contributed by atoms with van der Waals surface area (Å²) >= 11 is 0. The molecule has 202 valence electrons. The van der Waals surface area contributed by atoms with Gasteiger partial charge in [0.05, 0.1) is 28.8 Å². The van der Waals surface area contributed by atoms with Crippen molar-refractivity contribution in [3.05, 3.63) is 83.4 Å². The minimum Gasteiger partial charge on any atom is -0.479 e. The molecule has 0 amide bonds. The summed E-state index contributed by atoms with van der Waals surface area (Å²) in [6.07, 6.45) is -5.72. The second-order valence-corrected chi connectivity index (χ2v) is 11.2. The van der Waals surface area contributed by atoms with E-state index < -0.39 is 62.5 Å². The zero-order valence-corrected chi connectivity index (χ0v) is 20.9. The Hall–Kier alpha value is -3.51. The summed E-state index contributed by atoms with van der Waals surface area (Å²) in [6, 6.07) is 10.2. The molecule has 0 saturated heterocycles. The molecule has 0 aliphatic carbocycles. The first-order chi connectivity index (χ1) is 17.6. The van der Waals surface area contributed by atoms with Gasteiger partial charge in [-0.05, 0) is 67.4 Å². The molecule has 0 bridgehead atoms. The molecule has 0 unspecified atom stereocenters. The Morgan fingerprint density at radius 3 is 2.39 bits per heavy atom. The predicted molar refractivity (Wildman–Crippen MR) is 128 cm³/mol. The van der Waals surface area contributed by atoms with Crippen molar-refractivity contribution in [2.75, 3.05) is 10.8 Å². The van der Waals surface area contributed by atoms with E-state index in [1.54, 1.807) is 0 Å². The summed E-state index contributed by atoms with van der Waals surface area (Å²) in [4.78, 5) is 10.9. The highest BCUT2D eigenvalue weighted by Crippen LogP contribution is 2.39. The number of nitrogens with zero attached hydrogens (tertiary/aromatic N) is 1. The third kappa shape index (κ3) is 5.37. The molecule has 0 spiro atoms. The SMILES string of the molecule is CC(C)(O[C@H]1Cc2ccc(-c3cc(F)ccc3F)cc2N(S(=O)(=O)c2cccc(C(F)(F)F)c2)C1)C(=O)O. The van der Waals surface area contributed by atoms with Crippen molar-refractivity contribution < 1.29 is 45.0 Å². The van der Waals surface area contributed by atoms with Crippen LogP contribution in [0.2, 0.25) is 0 Å². The van der Waals surface area contributed by atoms with E-state index in [1.165, 1.54) is 32.0 Å². The standard InChI is InChI=1S/C26H22F5NO5S/c1-25(2,24(33)34)37-19-10-16-7-6-15(21-13-18(27)8-9-22(21)28)11-23(16)32(14-19)38(35,36)20-5-3-4-17(12-20)26(29,30)31/h3-9,11-13,19H,10,14H2,1-2H3,(H,33,34)/t19-/m0/s1. The average Bonchev–Trinajstić information content (AvgIpc) is 2.84. The van der Waals surface area contributed by atoms with Crippen molar-refractivity contribution in [3.63, 3.8) is 0 Å². The van der Waals surface area contributed by atoms with Crippen LogP contribution in [-0.4, -0.2) is 37.7 Å². The summed E-state index contributed by atoms with van der Waals surface area (Å²) in [5.74, 6) is -2.79. The first-order valence-corrected chi connectivity index (χ1v) is 12.7. The summed E-state index contributed by atoms with van der Waals surface area (Å²) in [7, 11) is -4.65. The maximum atomic E-state index is 14.5. The van der Waals surface area contributed by atoms with Gasteiger partial charge in [0.25, 0.3) is 10.0 Å². The van der Waals surface area contributed by atoms with Crippen molar-refractivity contribution in [2.45, 2.75) is 43.0 Å². The molecule has 0 aromatic heterocycles. The summed E-state index contributed by atoms with van der Waals surface area (Å²) in [5, 5.41) is 9.46. The number of aliphatic carboxylic acids is 1. The van der Waals surface area contributed by atoms with E-state index in [9.17, 15) is 40.3 Å². The van der Waals surface area contributed by atoms with Crippen LogP contribution in [0, 0.1) is 11.6 Å². The lowest BCUT2D eigenvalue weighted by Crippen LogP contribution is -2.48. The molecule has 0 radical (unpaired) electrons. The van der Waals surface area contributed by atoms with Crippen LogP contribution in [0.15, 0.2) is 65.6 Å². The number of carboxylic acids is 1. The van der Waals surface area contributed by atoms with Crippen molar-refractivity contribution in [2.24, 2.45) is 0 Å². The van der Waals surface area contributed by atoms with Gasteiger partial charge in [0.1, 0.15) is 11.6 Å². The molecule has 38 heavy (non-hydrogen) atoms. The van der Waals surface area contributed by atoms with E-state index in [4.69, 9.17) is 4.74 Å². The Morgan fingerprint density at radius 1 is 1.03 bits per heavy atom. The molecule has 3 aromatic rings. The fourth-order valence-corrected chi connectivity index (χ4v) is 5.75. The zero-order valence-electron chi connectivity index (χ0n) is 20.1. The lowest BCUT2D eigenvalue weighted by Gasteiger charge is -2.38. The number of alkyl halides is 3. The number of halogens is 5. The molecule has 3 aromatic carbocycles. The molecule has 6 nitrogen and oxygen atoms in total. The molecular formula is C26H22F5NO5S. The van der Waals surface area contributed by atoms with E-state index in [-0.39, 0.29) is 23.2 Å². The van der Waals surface area contributed by atoms with Gasteiger partial charge < -0.3 is 9.84 Å². The average molecular weight is 556 g/mol. The fraction of sp³-hybridized carbons (Fsp3) is 0.269. The second kappa shape index (κ2) is 9.66. The number of carboxylic acid groups (broad SMARTS) is 1. The number of ether oxygens (including phenoxy) is 1. The second-order valence-electron chi connectivity index (χ2n) is 9.29. The van der Waals surface area contributed by atoms with Crippen LogP contribution in [0.25, 0.3) is 11.1 Å². The summed E-state index contributed by atoms with van der Waals surface area (Å²) < 4.78 is 102. The van der Waals surface area contributed by atoms with E-state index in [2.05, 4.69) is 0 Å². The number of anilines is 1. The van der Waals surface area contributed by atoms with Crippen LogP contribution in [0.4, 0.5) is 27.6 Å². The van der Waals surface area contributed by atoms with Gasteiger partial charge in [-0.2, -0.15) is 13.2 Å². The number of sulfonamides is 1. The largest absolute Gasteiger partial charge is 0.479 e. The van der Waals surface area contributed by atoms with Crippen molar-refractivity contribution in [3.8, 4) is 11.1 Å². The number of hydrogen-bond donors (Lipinski definition) is 1. The molecule has 12 heteroatoms. The molecule has 1 atom stereocenters. The maximum absolute atomic E-state index is 14.5. The van der Waals surface area contributed by atoms with Gasteiger partial charge in [0.15, 0.2) is 5.60 Å². The molecule has 1 N–H and O–H groups in total. The molecule has 4 rings (SSSR count). The van der Waals surface area contributed by atoms with Gasteiger partial charge in [0, 0.05) is 12.0 Å². The molecular weight excluding hydrogens is 533 g/mol. The van der Waals surface area contributed by atoms with Crippen LogP contribution in [0.5, 0.6) is 0 Å². The van der Waals surface area contributed by atoms with Crippen LogP contribution in [-0.2, 0) is 32.2 Å². The molecule has 1 heterocycles. The molecule has 1 aliphatic heterocycles. The van der Waals surface area contributed by atoms with Crippen molar-refractivity contribution in [1.29, 1.82) is 0 Å². The molecule has 0 saturated carbocycles. The van der Waals surface area contributed by atoms with Crippen LogP contribution in [0.3, 0.4) is 0 Å². The fourth-order valence-electron chi connectivity index (χ4n) is 4.18. The normalized spacial score (nSPS) is 16.3. The number of benzene rings is 3. The highest BCUT2D eigenvalue weighted by atomic mass is 32.2. The molecule has 0 fully saturated rings.